The molecule has 0 unspecified atom stereocenters. The third-order valence-electron chi connectivity index (χ3n) is 17.0. The minimum Gasteiger partial charge on any atom is -0.310 e. The highest BCUT2D eigenvalue weighted by Crippen LogP contribution is 2.63. The molecule has 0 bridgehead atoms. The fourth-order valence-corrected chi connectivity index (χ4v) is 14.1. The van der Waals surface area contributed by atoms with E-state index < -0.39 is 10.8 Å². The van der Waals surface area contributed by atoms with Gasteiger partial charge in [0, 0.05) is 27.8 Å². The van der Waals surface area contributed by atoms with Crippen LogP contribution in [-0.4, -0.2) is 4.57 Å². The first-order valence-electron chi connectivity index (χ1n) is 26.5. The van der Waals surface area contributed by atoms with Crippen LogP contribution in [0.15, 0.2) is 291 Å². The fraction of sp³-hybridized carbons (Fsp3) is 0.0270. The van der Waals surface area contributed by atoms with Crippen LogP contribution in [0.1, 0.15) is 44.5 Å². The molecule has 0 atom stereocenters. The highest BCUT2D eigenvalue weighted by Gasteiger charge is 2.51. The zero-order valence-electron chi connectivity index (χ0n) is 41.6. The van der Waals surface area contributed by atoms with Crippen molar-refractivity contribution in [2.75, 3.05) is 4.90 Å². The minimum absolute atomic E-state index is 0.481. The van der Waals surface area contributed by atoms with Gasteiger partial charge in [0.25, 0.3) is 0 Å². The van der Waals surface area contributed by atoms with Gasteiger partial charge in [-0.25, -0.2) is 0 Å². The summed E-state index contributed by atoms with van der Waals surface area (Å²) in [6.45, 7) is 0. The molecule has 0 amide bonds. The van der Waals surface area contributed by atoms with Crippen molar-refractivity contribution in [3.05, 3.63) is 336 Å². The maximum Gasteiger partial charge on any atom is 0.0755 e. The summed E-state index contributed by atoms with van der Waals surface area (Å²) >= 11 is 0. The first-order chi connectivity index (χ1) is 37.7. The second-order valence-corrected chi connectivity index (χ2v) is 20.7. The molecule has 1 aliphatic heterocycles. The molecular weight excluding hydrogens is 917 g/mol. The Morgan fingerprint density at radius 1 is 0.276 bits per heavy atom. The Morgan fingerprint density at radius 3 is 1.50 bits per heavy atom. The van der Waals surface area contributed by atoms with E-state index in [0.717, 1.165) is 17.1 Å². The van der Waals surface area contributed by atoms with Crippen molar-refractivity contribution in [2.24, 2.45) is 0 Å². The third-order valence-corrected chi connectivity index (χ3v) is 17.0. The molecule has 1 spiro atoms. The van der Waals surface area contributed by atoms with E-state index >= 15 is 0 Å². The highest BCUT2D eigenvalue weighted by molar-refractivity contribution is 6.14. The maximum atomic E-state index is 2.55. The lowest BCUT2D eigenvalue weighted by Crippen LogP contribution is -2.33. The molecule has 0 N–H and O–H groups in total. The molecular formula is C74H48N2. The standard InChI is InChI=1S/C74H48N2/c1-4-22-49(23-5-1)51-24-20-29-55(46-51)75(54-44-42-50(43-45-54)57-34-21-39-67-71(57)61-33-12-16-37-65(61)73(67,52-25-6-2-7-26-52)53-27-8-3-9-28-53)56-47-62-60-32-13-18-40-69(60)76-70-41-19-17-38-66(70)74(68(48-56)72(62)76)63-35-14-10-30-58(63)59-31-11-15-36-64(59)74/h1-48H. The molecule has 12 aromatic carbocycles. The van der Waals surface area contributed by atoms with Gasteiger partial charge in [-0.2, -0.15) is 0 Å². The summed E-state index contributed by atoms with van der Waals surface area (Å²) in [5, 5.41) is 2.47. The Kier molecular flexibility index (Phi) is 9.20. The van der Waals surface area contributed by atoms with Crippen molar-refractivity contribution in [3.8, 4) is 50.2 Å². The molecule has 76 heavy (non-hydrogen) atoms. The average molecular weight is 965 g/mol. The number of hydrogen-bond acceptors (Lipinski definition) is 1. The van der Waals surface area contributed by atoms with Crippen LogP contribution in [-0.2, 0) is 10.8 Å². The van der Waals surface area contributed by atoms with Crippen molar-refractivity contribution in [1.29, 1.82) is 0 Å². The van der Waals surface area contributed by atoms with Gasteiger partial charge in [-0.15, -0.1) is 0 Å². The van der Waals surface area contributed by atoms with Gasteiger partial charge in [0.05, 0.1) is 27.6 Å². The van der Waals surface area contributed by atoms with Crippen LogP contribution >= 0.6 is 0 Å². The molecule has 0 saturated heterocycles. The molecule has 1 aromatic heterocycles. The van der Waals surface area contributed by atoms with Gasteiger partial charge < -0.3 is 9.47 Å². The number of benzene rings is 12. The minimum atomic E-state index is -0.581. The van der Waals surface area contributed by atoms with Gasteiger partial charge >= 0.3 is 0 Å². The van der Waals surface area contributed by atoms with Crippen LogP contribution < -0.4 is 4.90 Å². The van der Waals surface area contributed by atoms with Gasteiger partial charge in [0.2, 0.25) is 0 Å². The second-order valence-electron chi connectivity index (χ2n) is 20.7. The largest absolute Gasteiger partial charge is 0.310 e. The van der Waals surface area contributed by atoms with Crippen LogP contribution in [0.3, 0.4) is 0 Å². The monoisotopic (exact) mass is 964 g/mol. The van der Waals surface area contributed by atoms with Gasteiger partial charge in [0.15, 0.2) is 0 Å². The van der Waals surface area contributed by atoms with E-state index in [2.05, 4.69) is 301 Å². The van der Waals surface area contributed by atoms with Crippen molar-refractivity contribution in [3.63, 3.8) is 0 Å². The Balaban J connectivity index is 0.947. The Bertz CT molecular complexity index is 4370. The SMILES string of the molecule is c1ccc(-c2cccc(N(c3ccc(-c4cccc5c4-c4ccccc4C5(c4ccccc4)c4ccccc4)cc3)c3cc4c5c(c3)c3ccccc3n5-c3ccccc3C43c4ccccc4-c4ccccc43)c2)cc1. The Morgan fingerprint density at radius 2 is 0.803 bits per heavy atom. The molecule has 2 heteroatoms. The Hall–Kier alpha value is -9.76. The fourth-order valence-electron chi connectivity index (χ4n) is 14.1. The maximum absolute atomic E-state index is 2.55. The number of nitrogens with zero attached hydrogens (tertiary/aromatic N) is 2. The first-order valence-corrected chi connectivity index (χ1v) is 26.5. The van der Waals surface area contributed by atoms with Crippen molar-refractivity contribution in [1.82, 2.24) is 4.57 Å². The first kappa shape index (κ1) is 42.7. The van der Waals surface area contributed by atoms with Crippen LogP contribution in [0, 0.1) is 0 Å². The second kappa shape index (κ2) is 16.4. The quantitative estimate of drug-likeness (QED) is 0.155. The van der Waals surface area contributed by atoms with E-state index in [9.17, 15) is 0 Å². The van der Waals surface area contributed by atoms with E-state index in [1.807, 2.05) is 0 Å². The highest BCUT2D eigenvalue weighted by atomic mass is 15.1. The molecule has 2 nitrogen and oxygen atoms in total. The third kappa shape index (κ3) is 5.76. The lowest BCUT2D eigenvalue weighted by Gasteiger charge is -2.40. The van der Waals surface area contributed by atoms with Gasteiger partial charge in [-0.1, -0.05) is 243 Å². The molecule has 0 radical (unpaired) electrons. The molecule has 0 saturated carbocycles. The number of fused-ring (bicyclic) bond motifs is 15. The molecule has 354 valence electrons. The molecule has 3 aliphatic rings. The van der Waals surface area contributed by atoms with Crippen LogP contribution in [0.25, 0.3) is 72.0 Å². The summed E-state index contributed by atoms with van der Waals surface area (Å²) in [6.07, 6.45) is 0. The zero-order chi connectivity index (χ0) is 50.0. The van der Waals surface area contributed by atoms with Crippen molar-refractivity contribution >= 4 is 38.9 Å². The predicted octanol–water partition coefficient (Wildman–Crippen LogP) is 18.6. The number of anilines is 3. The lowest BCUT2D eigenvalue weighted by atomic mass is 9.65. The summed E-state index contributed by atoms with van der Waals surface area (Å²) in [5.41, 5.74) is 26.2. The van der Waals surface area contributed by atoms with E-state index in [4.69, 9.17) is 0 Å². The van der Waals surface area contributed by atoms with Crippen molar-refractivity contribution in [2.45, 2.75) is 10.8 Å². The van der Waals surface area contributed by atoms with E-state index in [1.165, 1.54) is 117 Å². The van der Waals surface area contributed by atoms with Gasteiger partial charge in [-0.05, 0) is 138 Å². The molecule has 2 heterocycles. The summed E-state index contributed by atoms with van der Waals surface area (Å²) in [6, 6.07) is 109. The molecule has 16 rings (SSSR count). The summed E-state index contributed by atoms with van der Waals surface area (Å²) in [7, 11) is 0. The molecule has 0 fully saturated rings. The van der Waals surface area contributed by atoms with Gasteiger partial charge in [0.1, 0.15) is 0 Å². The topological polar surface area (TPSA) is 8.17 Å². The zero-order valence-corrected chi connectivity index (χ0v) is 41.6. The average Bonchev–Trinajstić information content (AvgIpc) is 4.27. The number of hydrogen-bond donors (Lipinski definition) is 0. The number of para-hydroxylation sites is 2. The van der Waals surface area contributed by atoms with Gasteiger partial charge in [-0.3, -0.25) is 0 Å². The van der Waals surface area contributed by atoms with Crippen LogP contribution in [0.5, 0.6) is 0 Å². The number of rotatable bonds is 7. The van der Waals surface area contributed by atoms with Crippen LogP contribution in [0.4, 0.5) is 17.1 Å². The van der Waals surface area contributed by atoms with Crippen molar-refractivity contribution < 1.29 is 0 Å². The molecule has 2 aliphatic carbocycles. The summed E-state index contributed by atoms with van der Waals surface area (Å²) in [4.78, 5) is 2.50. The lowest BCUT2D eigenvalue weighted by molar-refractivity contribution is 0.748. The smallest absolute Gasteiger partial charge is 0.0755 e. The molecule has 13 aromatic rings. The van der Waals surface area contributed by atoms with E-state index in [-0.39, 0.29) is 0 Å². The Labute approximate surface area is 442 Å². The summed E-state index contributed by atoms with van der Waals surface area (Å²) in [5.74, 6) is 0. The number of aromatic nitrogens is 1. The van der Waals surface area contributed by atoms with E-state index in [0.29, 0.717) is 0 Å². The van der Waals surface area contributed by atoms with Crippen LogP contribution in [0.2, 0.25) is 0 Å². The summed E-state index contributed by atoms with van der Waals surface area (Å²) < 4.78 is 2.55. The van der Waals surface area contributed by atoms with E-state index in [1.54, 1.807) is 0 Å². The normalized spacial score (nSPS) is 13.7. The predicted molar refractivity (Wildman–Crippen MR) is 315 cm³/mol.